The fourth-order valence-corrected chi connectivity index (χ4v) is 3.63. The van der Waals surface area contributed by atoms with E-state index in [0.717, 1.165) is 48.6 Å². The van der Waals surface area contributed by atoms with E-state index in [1.807, 2.05) is 37.2 Å². The number of aromatic nitrogens is 1. The third kappa shape index (κ3) is 5.57. The SMILES string of the molecule is CN=C(NCc1cc(N(C)C)nc2ccccc12)NC1CCN(CC(N)=O)CC1. The van der Waals surface area contributed by atoms with Gasteiger partial charge in [0.05, 0.1) is 12.1 Å². The first-order valence-electron chi connectivity index (χ1n) is 10.00. The fourth-order valence-electron chi connectivity index (χ4n) is 3.63. The molecule has 156 valence electrons. The van der Waals surface area contributed by atoms with Gasteiger partial charge in [0, 0.05) is 52.2 Å². The molecular weight excluding hydrogens is 366 g/mol. The highest BCUT2D eigenvalue weighted by atomic mass is 16.1. The number of carbonyl (C=O) groups excluding carboxylic acids is 1. The van der Waals surface area contributed by atoms with Crippen LogP contribution in [-0.2, 0) is 11.3 Å². The van der Waals surface area contributed by atoms with E-state index >= 15 is 0 Å². The molecule has 1 saturated heterocycles. The molecule has 1 amide bonds. The molecule has 4 N–H and O–H groups in total. The lowest BCUT2D eigenvalue weighted by Gasteiger charge is -2.32. The van der Waals surface area contributed by atoms with Crippen molar-refractivity contribution >= 4 is 28.6 Å². The molecule has 8 heteroatoms. The van der Waals surface area contributed by atoms with Crippen molar-refractivity contribution in [1.29, 1.82) is 0 Å². The van der Waals surface area contributed by atoms with E-state index in [1.54, 1.807) is 7.05 Å². The van der Waals surface area contributed by atoms with Gasteiger partial charge in [0.1, 0.15) is 5.82 Å². The molecule has 0 unspecified atom stereocenters. The molecule has 0 saturated carbocycles. The van der Waals surface area contributed by atoms with E-state index in [-0.39, 0.29) is 5.91 Å². The van der Waals surface area contributed by atoms with Crippen LogP contribution in [0.1, 0.15) is 18.4 Å². The molecule has 0 atom stereocenters. The number of anilines is 1. The first-order chi connectivity index (χ1) is 14.0. The highest BCUT2D eigenvalue weighted by molar-refractivity contribution is 5.85. The number of guanidine groups is 1. The number of nitrogens with two attached hydrogens (primary N) is 1. The third-order valence-electron chi connectivity index (χ3n) is 5.22. The summed E-state index contributed by atoms with van der Waals surface area (Å²) in [4.78, 5) is 24.3. The fraction of sp³-hybridized carbons (Fsp3) is 0.476. The zero-order valence-corrected chi connectivity index (χ0v) is 17.5. The molecule has 1 aromatic carbocycles. The molecule has 1 fully saturated rings. The van der Waals surface area contributed by atoms with E-state index in [0.29, 0.717) is 19.1 Å². The van der Waals surface area contributed by atoms with Gasteiger partial charge in [0.25, 0.3) is 0 Å². The van der Waals surface area contributed by atoms with Gasteiger partial charge >= 0.3 is 0 Å². The first-order valence-corrected chi connectivity index (χ1v) is 10.00. The maximum atomic E-state index is 11.1. The van der Waals surface area contributed by atoms with Crippen molar-refractivity contribution < 1.29 is 4.79 Å². The van der Waals surface area contributed by atoms with Crippen molar-refractivity contribution in [3.05, 3.63) is 35.9 Å². The number of para-hydroxylation sites is 1. The van der Waals surface area contributed by atoms with Gasteiger partial charge in [-0.25, -0.2) is 4.98 Å². The number of benzene rings is 1. The molecule has 0 bridgehead atoms. The molecule has 1 aromatic heterocycles. The van der Waals surface area contributed by atoms with Crippen LogP contribution in [0.15, 0.2) is 35.3 Å². The van der Waals surface area contributed by atoms with E-state index < -0.39 is 0 Å². The van der Waals surface area contributed by atoms with Gasteiger partial charge in [-0.2, -0.15) is 0 Å². The van der Waals surface area contributed by atoms with Crippen LogP contribution in [0, 0.1) is 0 Å². The average Bonchev–Trinajstić information content (AvgIpc) is 2.71. The largest absolute Gasteiger partial charge is 0.369 e. The van der Waals surface area contributed by atoms with Crippen LogP contribution < -0.4 is 21.3 Å². The lowest BCUT2D eigenvalue weighted by molar-refractivity contribution is -0.119. The highest BCUT2D eigenvalue weighted by Crippen LogP contribution is 2.22. The molecule has 1 aliphatic rings. The first kappa shape index (κ1) is 20.9. The zero-order valence-electron chi connectivity index (χ0n) is 17.5. The van der Waals surface area contributed by atoms with Crippen molar-refractivity contribution in [2.75, 3.05) is 45.7 Å². The summed E-state index contributed by atoms with van der Waals surface area (Å²) in [5.74, 6) is 1.45. The van der Waals surface area contributed by atoms with Gasteiger partial charge in [-0.1, -0.05) is 18.2 Å². The van der Waals surface area contributed by atoms with Crippen LogP contribution in [0.2, 0.25) is 0 Å². The molecule has 8 nitrogen and oxygen atoms in total. The van der Waals surface area contributed by atoms with Gasteiger partial charge in [-0.15, -0.1) is 0 Å². The Bertz CT molecular complexity index is 872. The Hall–Kier alpha value is -2.87. The summed E-state index contributed by atoms with van der Waals surface area (Å²) in [6.45, 7) is 2.71. The minimum absolute atomic E-state index is 0.268. The molecule has 0 aliphatic carbocycles. The summed E-state index contributed by atoms with van der Waals surface area (Å²) in [7, 11) is 5.78. The second-order valence-corrected chi connectivity index (χ2v) is 7.64. The van der Waals surface area contributed by atoms with E-state index in [2.05, 4.69) is 32.7 Å². The van der Waals surface area contributed by atoms with Gasteiger partial charge in [-0.05, 0) is 30.5 Å². The number of nitrogens with zero attached hydrogens (tertiary/aromatic N) is 4. The summed E-state index contributed by atoms with van der Waals surface area (Å²) in [6, 6.07) is 10.6. The van der Waals surface area contributed by atoms with Gasteiger partial charge in [0.15, 0.2) is 5.96 Å². The number of pyridine rings is 1. The quantitative estimate of drug-likeness (QED) is 0.495. The molecule has 2 aromatic rings. The predicted octanol–water partition coefficient (Wildman–Crippen LogP) is 0.916. The lowest BCUT2D eigenvalue weighted by Crippen LogP contribution is -2.49. The average molecular weight is 398 g/mol. The predicted molar refractivity (Wildman–Crippen MR) is 118 cm³/mol. The number of primary amides is 1. The molecule has 2 heterocycles. The number of piperidine rings is 1. The smallest absolute Gasteiger partial charge is 0.231 e. The normalized spacial score (nSPS) is 16.0. The Morgan fingerprint density at radius 3 is 2.69 bits per heavy atom. The Kier molecular flexibility index (Phi) is 6.87. The molecule has 0 radical (unpaired) electrons. The second kappa shape index (κ2) is 9.56. The van der Waals surface area contributed by atoms with Crippen LogP contribution in [0.25, 0.3) is 10.9 Å². The van der Waals surface area contributed by atoms with Crippen LogP contribution in [-0.4, -0.2) is 68.6 Å². The third-order valence-corrected chi connectivity index (χ3v) is 5.22. The molecular formula is C21H31N7O. The van der Waals surface area contributed by atoms with Crippen LogP contribution >= 0.6 is 0 Å². The Morgan fingerprint density at radius 1 is 1.31 bits per heavy atom. The number of rotatable bonds is 6. The Morgan fingerprint density at radius 2 is 2.03 bits per heavy atom. The van der Waals surface area contributed by atoms with E-state index in [4.69, 9.17) is 10.7 Å². The zero-order chi connectivity index (χ0) is 20.8. The van der Waals surface area contributed by atoms with Gasteiger partial charge in [0.2, 0.25) is 5.91 Å². The summed E-state index contributed by atoms with van der Waals surface area (Å²) >= 11 is 0. The second-order valence-electron chi connectivity index (χ2n) is 7.64. The summed E-state index contributed by atoms with van der Waals surface area (Å²) < 4.78 is 0. The van der Waals surface area contributed by atoms with E-state index in [1.165, 1.54) is 5.56 Å². The van der Waals surface area contributed by atoms with Crippen molar-refractivity contribution in [1.82, 2.24) is 20.5 Å². The number of aliphatic imine (C=N–C) groups is 1. The molecule has 29 heavy (non-hydrogen) atoms. The molecule has 1 aliphatic heterocycles. The number of hydrogen-bond acceptors (Lipinski definition) is 5. The highest BCUT2D eigenvalue weighted by Gasteiger charge is 2.21. The number of amides is 1. The number of hydrogen-bond donors (Lipinski definition) is 3. The topological polar surface area (TPSA) is 98.9 Å². The molecule has 3 rings (SSSR count). The van der Waals surface area contributed by atoms with Gasteiger partial charge < -0.3 is 21.3 Å². The maximum absolute atomic E-state index is 11.1. The number of likely N-dealkylation sites (tertiary alicyclic amines) is 1. The minimum atomic E-state index is -0.268. The Balaban J connectivity index is 1.62. The van der Waals surface area contributed by atoms with E-state index in [9.17, 15) is 4.79 Å². The monoisotopic (exact) mass is 397 g/mol. The summed E-state index contributed by atoms with van der Waals surface area (Å²) in [5, 5.41) is 8.08. The van der Waals surface area contributed by atoms with Crippen LogP contribution in [0.5, 0.6) is 0 Å². The number of nitrogens with one attached hydrogen (secondary N) is 2. The minimum Gasteiger partial charge on any atom is -0.369 e. The van der Waals surface area contributed by atoms with Crippen molar-refractivity contribution in [2.24, 2.45) is 10.7 Å². The van der Waals surface area contributed by atoms with Crippen LogP contribution in [0.4, 0.5) is 5.82 Å². The Labute approximate surface area is 172 Å². The summed E-state index contributed by atoms with van der Waals surface area (Å²) in [6.07, 6.45) is 1.91. The van der Waals surface area contributed by atoms with Crippen molar-refractivity contribution in [2.45, 2.75) is 25.4 Å². The van der Waals surface area contributed by atoms with Crippen molar-refractivity contribution in [3.63, 3.8) is 0 Å². The van der Waals surface area contributed by atoms with Crippen LogP contribution in [0.3, 0.4) is 0 Å². The molecule has 0 spiro atoms. The maximum Gasteiger partial charge on any atom is 0.231 e. The van der Waals surface area contributed by atoms with Gasteiger partial charge in [-0.3, -0.25) is 14.7 Å². The summed E-state index contributed by atoms with van der Waals surface area (Å²) in [5.41, 5.74) is 7.46. The standard InChI is InChI=1S/C21H31N7O/c1-23-21(25-16-8-10-28(11-9-16)14-19(22)29)24-13-15-12-20(27(2)3)26-18-7-5-4-6-17(15)18/h4-7,12,16H,8-11,13-14H2,1-3H3,(H2,22,29)(H2,23,24,25). The lowest BCUT2D eigenvalue weighted by atomic mass is 10.1. The number of carbonyl (C=O) groups is 1. The van der Waals surface area contributed by atoms with Crippen molar-refractivity contribution in [3.8, 4) is 0 Å². The number of fused-ring (bicyclic) bond motifs is 1.